The lowest BCUT2D eigenvalue weighted by atomic mass is 10.1. The Balaban J connectivity index is 2.07. The van der Waals surface area contributed by atoms with Crippen molar-refractivity contribution in [1.82, 2.24) is 0 Å². The van der Waals surface area contributed by atoms with Gasteiger partial charge in [0.05, 0.1) is 12.3 Å². The summed E-state index contributed by atoms with van der Waals surface area (Å²) in [5.74, 6) is 0.0309. The number of hydrogen-bond acceptors (Lipinski definition) is 3. The van der Waals surface area contributed by atoms with Gasteiger partial charge in [-0.15, -0.1) is 6.58 Å². The van der Waals surface area contributed by atoms with Crippen molar-refractivity contribution in [3.63, 3.8) is 0 Å². The minimum absolute atomic E-state index is 0.0570. The molecule has 0 spiro atoms. The minimum atomic E-state index is -0.390. The molecule has 2 aliphatic rings. The largest absolute Gasteiger partial charge is 0.457 e. The average molecular weight is 302 g/mol. The van der Waals surface area contributed by atoms with E-state index in [-0.39, 0.29) is 35.4 Å². The Labute approximate surface area is 133 Å². The Morgan fingerprint density at radius 3 is 2.59 bits per heavy atom. The highest BCUT2D eigenvalue weighted by Gasteiger charge is 2.61. The van der Waals surface area contributed by atoms with Gasteiger partial charge in [-0.3, -0.25) is 9.59 Å². The van der Waals surface area contributed by atoms with Crippen LogP contribution in [0.25, 0.3) is 0 Å². The molecule has 0 bridgehead atoms. The van der Waals surface area contributed by atoms with Gasteiger partial charge in [0.2, 0.25) is 0 Å². The molecule has 2 rings (SSSR count). The first-order chi connectivity index (χ1) is 10.2. The van der Waals surface area contributed by atoms with Crippen LogP contribution < -0.4 is 0 Å². The Hall–Kier alpha value is -1.64. The minimum Gasteiger partial charge on any atom is -0.457 e. The summed E-state index contributed by atoms with van der Waals surface area (Å²) in [5, 5.41) is 0. The summed E-state index contributed by atoms with van der Waals surface area (Å²) in [5.41, 5.74) is 2.80. The van der Waals surface area contributed by atoms with E-state index in [9.17, 15) is 9.59 Å². The summed E-state index contributed by atoms with van der Waals surface area (Å²) in [6, 6.07) is 0. The number of hydrogen-bond donors (Lipinski definition) is 0. The summed E-state index contributed by atoms with van der Waals surface area (Å²) >= 11 is 0. The summed E-state index contributed by atoms with van der Waals surface area (Å²) < 4.78 is 5.66. The maximum atomic E-state index is 12.5. The van der Waals surface area contributed by atoms with E-state index in [1.165, 1.54) is 5.57 Å². The van der Waals surface area contributed by atoms with Crippen LogP contribution in [0.2, 0.25) is 0 Å². The third-order valence-electron chi connectivity index (χ3n) is 4.95. The molecule has 3 heteroatoms. The van der Waals surface area contributed by atoms with Crippen LogP contribution in [0, 0.1) is 17.3 Å². The second-order valence-electron chi connectivity index (χ2n) is 7.28. The summed E-state index contributed by atoms with van der Waals surface area (Å²) in [7, 11) is 0. The van der Waals surface area contributed by atoms with Crippen molar-refractivity contribution in [2.45, 2.75) is 53.6 Å². The monoisotopic (exact) mass is 302 g/mol. The highest BCUT2D eigenvalue weighted by molar-refractivity contribution is 6.00. The van der Waals surface area contributed by atoms with Crippen molar-refractivity contribution >= 4 is 11.8 Å². The van der Waals surface area contributed by atoms with E-state index >= 15 is 0 Å². The molecule has 1 fully saturated rings. The molecule has 0 aromatic carbocycles. The van der Waals surface area contributed by atoms with E-state index in [1.807, 2.05) is 20.8 Å². The van der Waals surface area contributed by atoms with Crippen LogP contribution in [0.5, 0.6) is 0 Å². The van der Waals surface area contributed by atoms with Crippen LogP contribution in [0.4, 0.5) is 0 Å². The zero-order chi connectivity index (χ0) is 16.7. The number of ketones is 1. The molecule has 0 N–H and O–H groups in total. The maximum absolute atomic E-state index is 12.5. The van der Waals surface area contributed by atoms with E-state index in [2.05, 4.69) is 26.5 Å². The van der Waals surface area contributed by atoms with Crippen LogP contribution >= 0.6 is 0 Å². The lowest BCUT2D eigenvalue weighted by Crippen LogP contribution is -2.20. The molecule has 0 aromatic rings. The van der Waals surface area contributed by atoms with Gasteiger partial charge < -0.3 is 4.74 Å². The number of carbonyl (C=O) groups is 2. The zero-order valence-corrected chi connectivity index (χ0v) is 14.2. The Kier molecular flexibility index (Phi) is 4.46. The third kappa shape index (κ3) is 2.94. The molecule has 0 heterocycles. The van der Waals surface area contributed by atoms with E-state index in [4.69, 9.17) is 4.74 Å². The predicted octanol–water partition coefficient (Wildman–Crippen LogP) is 4.00. The smallest absolute Gasteiger partial charge is 0.310 e. The number of ether oxygens (including phenoxy) is 1. The van der Waals surface area contributed by atoms with Crippen molar-refractivity contribution in [2.75, 3.05) is 0 Å². The predicted molar refractivity (Wildman–Crippen MR) is 87.2 cm³/mol. The number of Topliss-reactive ketones (excluding diaryl/α,β-unsaturated/α-hetero) is 1. The van der Waals surface area contributed by atoms with E-state index in [0.717, 1.165) is 11.1 Å². The summed E-state index contributed by atoms with van der Waals surface area (Å²) in [6.45, 7) is 13.8. The molecular weight excluding hydrogens is 276 g/mol. The van der Waals surface area contributed by atoms with Crippen molar-refractivity contribution in [2.24, 2.45) is 17.3 Å². The van der Waals surface area contributed by atoms with Crippen molar-refractivity contribution in [3.8, 4) is 0 Å². The van der Waals surface area contributed by atoms with Gasteiger partial charge in [-0.25, -0.2) is 0 Å². The second kappa shape index (κ2) is 5.86. The lowest BCUT2D eigenvalue weighted by molar-refractivity contribution is -0.150. The SMILES string of the molecule is C=CCC1=C(C)[C@@H](OC(=O)[C@H]2[C@@H](C=C(C)C)C2(C)C)CC1=O. The first-order valence-electron chi connectivity index (χ1n) is 7.89. The van der Waals surface area contributed by atoms with Gasteiger partial charge in [0.15, 0.2) is 5.78 Å². The molecule has 0 unspecified atom stereocenters. The van der Waals surface area contributed by atoms with Gasteiger partial charge >= 0.3 is 5.97 Å². The molecule has 22 heavy (non-hydrogen) atoms. The quantitative estimate of drug-likeness (QED) is 0.569. The van der Waals surface area contributed by atoms with Crippen LogP contribution in [0.3, 0.4) is 0 Å². The third-order valence-corrected chi connectivity index (χ3v) is 4.95. The molecule has 2 aliphatic carbocycles. The van der Waals surface area contributed by atoms with Crippen molar-refractivity contribution in [3.05, 3.63) is 35.5 Å². The zero-order valence-electron chi connectivity index (χ0n) is 14.2. The Morgan fingerprint density at radius 2 is 2.05 bits per heavy atom. The Bertz CT molecular complexity index is 573. The fourth-order valence-corrected chi connectivity index (χ4v) is 3.42. The highest BCUT2D eigenvalue weighted by atomic mass is 16.5. The molecule has 1 saturated carbocycles. The average Bonchev–Trinajstić information content (AvgIpc) is 2.83. The standard InChI is InChI=1S/C19H26O3/c1-7-8-13-12(4)16(10-15(13)20)22-18(21)17-14(9-11(2)3)19(17,5)6/h7,9,14,16-17H,1,8,10H2,2-6H3/t14-,16+,17-/m1/s1. The number of carbonyl (C=O) groups excluding carboxylic acids is 2. The lowest BCUT2D eigenvalue weighted by Gasteiger charge is -2.13. The van der Waals surface area contributed by atoms with Gasteiger partial charge in [0.1, 0.15) is 6.10 Å². The molecule has 0 radical (unpaired) electrons. The molecule has 0 saturated heterocycles. The van der Waals surface area contributed by atoms with Gasteiger partial charge in [-0.1, -0.05) is 31.6 Å². The number of allylic oxidation sites excluding steroid dienone is 4. The van der Waals surface area contributed by atoms with Crippen LogP contribution in [-0.4, -0.2) is 17.9 Å². The number of rotatable bonds is 5. The van der Waals surface area contributed by atoms with Gasteiger partial charge in [0.25, 0.3) is 0 Å². The normalized spacial score (nSPS) is 29.3. The van der Waals surface area contributed by atoms with Gasteiger partial charge in [-0.05, 0) is 44.1 Å². The fraction of sp³-hybridized carbons (Fsp3) is 0.579. The fourth-order valence-electron chi connectivity index (χ4n) is 3.42. The molecule has 120 valence electrons. The molecule has 3 atom stereocenters. The molecule has 0 aliphatic heterocycles. The van der Waals surface area contributed by atoms with Crippen LogP contribution in [-0.2, 0) is 14.3 Å². The number of esters is 1. The van der Waals surface area contributed by atoms with Gasteiger partial charge in [-0.2, -0.15) is 0 Å². The summed E-state index contributed by atoms with van der Waals surface area (Å²) in [6.07, 6.45) is 4.31. The summed E-state index contributed by atoms with van der Waals surface area (Å²) in [4.78, 5) is 24.5. The van der Waals surface area contributed by atoms with Crippen LogP contribution in [0.1, 0.15) is 47.5 Å². The highest BCUT2D eigenvalue weighted by Crippen LogP contribution is 2.60. The van der Waals surface area contributed by atoms with Gasteiger partial charge in [0, 0.05) is 5.57 Å². The maximum Gasteiger partial charge on any atom is 0.310 e. The molecule has 0 aromatic heterocycles. The van der Waals surface area contributed by atoms with E-state index in [1.54, 1.807) is 6.08 Å². The second-order valence-corrected chi connectivity index (χ2v) is 7.28. The Morgan fingerprint density at radius 1 is 1.41 bits per heavy atom. The molecule has 3 nitrogen and oxygen atoms in total. The van der Waals surface area contributed by atoms with E-state index < -0.39 is 6.10 Å². The van der Waals surface area contributed by atoms with E-state index in [0.29, 0.717) is 6.42 Å². The van der Waals surface area contributed by atoms with Crippen molar-refractivity contribution < 1.29 is 14.3 Å². The molecular formula is C19H26O3. The topological polar surface area (TPSA) is 43.4 Å². The molecule has 0 amide bonds. The van der Waals surface area contributed by atoms with Crippen molar-refractivity contribution in [1.29, 1.82) is 0 Å². The first-order valence-corrected chi connectivity index (χ1v) is 7.89. The first kappa shape index (κ1) is 16.7. The van der Waals surface area contributed by atoms with Crippen LogP contribution in [0.15, 0.2) is 35.5 Å².